The normalized spacial score (nSPS) is 15.1. The van der Waals surface area contributed by atoms with Gasteiger partial charge in [0.25, 0.3) is 0 Å². The van der Waals surface area contributed by atoms with Crippen molar-refractivity contribution < 1.29 is 0 Å². The lowest BCUT2D eigenvalue weighted by molar-refractivity contribution is 0.446. The van der Waals surface area contributed by atoms with E-state index >= 15 is 0 Å². The minimum atomic E-state index is 0.191. The van der Waals surface area contributed by atoms with Gasteiger partial charge in [-0.15, -0.1) is 0 Å². The van der Waals surface area contributed by atoms with E-state index in [1.54, 1.807) is 0 Å². The summed E-state index contributed by atoms with van der Waals surface area (Å²) in [5.74, 6) is 1.23. The van der Waals surface area contributed by atoms with Crippen LogP contribution in [0.2, 0.25) is 0 Å². The number of likely N-dealkylation sites (N-methyl/N-ethyl adjacent to an activating group) is 1. The predicted molar refractivity (Wildman–Crippen MR) is 118 cm³/mol. The number of rotatable bonds is 8. The number of aromatic nitrogens is 2. The average Bonchev–Trinajstić information content (AvgIpc) is 2.71. The van der Waals surface area contributed by atoms with Crippen molar-refractivity contribution in [2.24, 2.45) is 0 Å². The van der Waals surface area contributed by atoms with Crippen LogP contribution < -0.4 is 21.3 Å². The molecule has 0 spiro atoms. The molecule has 1 fully saturated rings. The van der Waals surface area contributed by atoms with Crippen LogP contribution in [-0.4, -0.2) is 36.1 Å². The number of benzene rings is 2. The van der Waals surface area contributed by atoms with Crippen LogP contribution in [-0.2, 0) is 13.0 Å². The number of nitrogens with two attached hydrogens (primary N) is 1. The molecule has 1 aromatic heterocycles. The van der Waals surface area contributed by atoms with Gasteiger partial charge >= 0.3 is 0 Å². The number of nitrogens with one attached hydrogen (secondary N) is 2. The van der Waals surface area contributed by atoms with E-state index in [4.69, 9.17) is 5.73 Å². The van der Waals surface area contributed by atoms with E-state index in [0.29, 0.717) is 18.5 Å². The Kier molecular flexibility index (Phi) is 6.03. The number of hydrogen-bond donors (Lipinski definition) is 3. The maximum atomic E-state index is 5.99. The fourth-order valence-electron chi connectivity index (χ4n) is 3.67. The molecule has 1 aliphatic rings. The highest BCUT2D eigenvalue weighted by Crippen LogP contribution is 2.22. The van der Waals surface area contributed by atoms with E-state index in [0.717, 1.165) is 31.0 Å². The molecule has 2 aromatic carbocycles. The highest BCUT2D eigenvalue weighted by molar-refractivity contribution is 5.46. The van der Waals surface area contributed by atoms with Crippen molar-refractivity contribution in [1.82, 2.24) is 20.6 Å². The van der Waals surface area contributed by atoms with Crippen LogP contribution in [0.5, 0.6) is 0 Å². The van der Waals surface area contributed by atoms with Crippen molar-refractivity contribution in [2.45, 2.75) is 25.0 Å². The largest absolute Gasteiger partial charge is 0.368 e. The number of nitrogen functional groups attached to an aromatic ring is 1. The van der Waals surface area contributed by atoms with E-state index in [1.165, 1.54) is 11.1 Å². The first-order valence-electron chi connectivity index (χ1n) is 10.1. The highest BCUT2D eigenvalue weighted by Gasteiger charge is 2.26. The molecule has 1 saturated heterocycles. The first-order chi connectivity index (χ1) is 14.2. The fourth-order valence-corrected chi connectivity index (χ4v) is 3.67. The van der Waals surface area contributed by atoms with Crippen LogP contribution in [0.15, 0.2) is 66.7 Å². The van der Waals surface area contributed by atoms with Gasteiger partial charge in [-0.3, -0.25) is 0 Å². The minimum Gasteiger partial charge on any atom is -0.368 e. The highest BCUT2D eigenvalue weighted by atomic mass is 15.3. The van der Waals surface area contributed by atoms with Gasteiger partial charge in [-0.05, 0) is 24.6 Å². The molecule has 4 rings (SSSR count). The fraction of sp³-hybridized carbons (Fsp3) is 0.304. The summed E-state index contributed by atoms with van der Waals surface area (Å²) in [5.41, 5.74) is 9.47. The van der Waals surface area contributed by atoms with Gasteiger partial charge in [0.05, 0.1) is 5.69 Å². The molecule has 2 heterocycles. The van der Waals surface area contributed by atoms with E-state index in [2.05, 4.69) is 74.0 Å². The van der Waals surface area contributed by atoms with Gasteiger partial charge < -0.3 is 21.3 Å². The van der Waals surface area contributed by atoms with Crippen molar-refractivity contribution in [2.75, 3.05) is 30.8 Å². The Morgan fingerprint density at radius 3 is 2.41 bits per heavy atom. The maximum absolute atomic E-state index is 5.99. The molecule has 150 valence electrons. The Hall–Kier alpha value is -2.96. The topological polar surface area (TPSA) is 79.1 Å². The Morgan fingerprint density at radius 2 is 1.72 bits per heavy atom. The third-order valence-corrected chi connectivity index (χ3v) is 5.41. The first kappa shape index (κ1) is 19.4. The molecule has 29 heavy (non-hydrogen) atoms. The summed E-state index contributed by atoms with van der Waals surface area (Å²) < 4.78 is 0. The van der Waals surface area contributed by atoms with E-state index in [9.17, 15) is 0 Å². The summed E-state index contributed by atoms with van der Waals surface area (Å²) in [6.45, 7) is 2.52. The number of nitrogens with zero attached hydrogens (tertiary/aromatic N) is 3. The van der Waals surface area contributed by atoms with Gasteiger partial charge in [0, 0.05) is 37.8 Å². The SMILES string of the molecule is CNC1CN(c2cc(CNC(Cc3ccccc3)c3ccccc3)nc(N)n2)C1. The summed E-state index contributed by atoms with van der Waals surface area (Å²) in [7, 11) is 1.99. The molecule has 4 N–H and O–H groups in total. The molecular formula is C23H28N6. The quantitative estimate of drug-likeness (QED) is 0.550. The second-order valence-electron chi connectivity index (χ2n) is 7.50. The molecular weight excluding hydrogens is 360 g/mol. The summed E-state index contributed by atoms with van der Waals surface area (Å²) >= 11 is 0. The molecule has 0 amide bonds. The van der Waals surface area contributed by atoms with Crippen LogP contribution in [0.1, 0.15) is 22.9 Å². The smallest absolute Gasteiger partial charge is 0.222 e. The number of anilines is 2. The standard InChI is InChI=1S/C23H28N6/c1-25-20-15-29(16-20)22-13-19(27-23(24)28-22)14-26-21(18-10-6-3-7-11-18)12-17-8-4-2-5-9-17/h2-11,13,20-21,25-26H,12,14-16H2,1H3,(H2,24,27,28). The Morgan fingerprint density at radius 1 is 1.03 bits per heavy atom. The van der Waals surface area contributed by atoms with Gasteiger partial charge in [-0.1, -0.05) is 60.7 Å². The third kappa shape index (κ3) is 4.91. The van der Waals surface area contributed by atoms with Crippen molar-refractivity contribution >= 4 is 11.8 Å². The van der Waals surface area contributed by atoms with Crippen LogP contribution in [0.4, 0.5) is 11.8 Å². The van der Waals surface area contributed by atoms with Gasteiger partial charge in [-0.2, -0.15) is 4.98 Å². The molecule has 0 saturated carbocycles. The predicted octanol–water partition coefficient (Wildman–Crippen LogP) is 2.54. The molecule has 0 aliphatic carbocycles. The monoisotopic (exact) mass is 388 g/mol. The van der Waals surface area contributed by atoms with Gasteiger partial charge in [0.2, 0.25) is 5.95 Å². The average molecular weight is 389 g/mol. The summed E-state index contributed by atoms with van der Waals surface area (Å²) in [4.78, 5) is 11.1. The molecule has 1 unspecified atom stereocenters. The van der Waals surface area contributed by atoms with Crippen LogP contribution in [0.3, 0.4) is 0 Å². The minimum absolute atomic E-state index is 0.191. The van der Waals surface area contributed by atoms with Gasteiger partial charge in [-0.25, -0.2) is 4.98 Å². The zero-order chi connectivity index (χ0) is 20.1. The van der Waals surface area contributed by atoms with Gasteiger partial charge in [0.1, 0.15) is 5.82 Å². The Balaban J connectivity index is 1.48. The lowest BCUT2D eigenvalue weighted by Gasteiger charge is -2.40. The van der Waals surface area contributed by atoms with E-state index in [1.807, 2.05) is 25.2 Å². The Bertz CT molecular complexity index is 909. The summed E-state index contributed by atoms with van der Waals surface area (Å²) in [5, 5.41) is 6.96. The number of hydrogen-bond acceptors (Lipinski definition) is 6. The third-order valence-electron chi connectivity index (χ3n) is 5.41. The zero-order valence-corrected chi connectivity index (χ0v) is 16.8. The van der Waals surface area contributed by atoms with E-state index in [-0.39, 0.29) is 6.04 Å². The zero-order valence-electron chi connectivity index (χ0n) is 16.8. The molecule has 1 atom stereocenters. The van der Waals surface area contributed by atoms with Crippen LogP contribution in [0.25, 0.3) is 0 Å². The lowest BCUT2D eigenvalue weighted by atomic mass is 9.99. The van der Waals surface area contributed by atoms with E-state index < -0.39 is 0 Å². The van der Waals surface area contributed by atoms with Crippen molar-refractivity contribution in [3.63, 3.8) is 0 Å². The van der Waals surface area contributed by atoms with Crippen molar-refractivity contribution in [3.8, 4) is 0 Å². The molecule has 6 heteroatoms. The molecule has 1 aliphatic heterocycles. The lowest BCUT2D eigenvalue weighted by Crippen LogP contribution is -2.57. The summed E-state index contributed by atoms with van der Waals surface area (Å²) in [6, 6.07) is 23.8. The molecule has 6 nitrogen and oxygen atoms in total. The molecule has 0 radical (unpaired) electrons. The Labute approximate surface area is 172 Å². The molecule has 3 aromatic rings. The van der Waals surface area contributed by atoms with Crippen LogP contribution in [0, 0.1) is 0 Å². The summed E-state index contributed by atoms with van der Waals surface area (Å²) in [6.07, 6.45) is 0.911. The first-order valence-corrected chi connectivity index (χ1v) is 10.1. The maximum Gasteiger partial charge on any atom is 0.222 e. The van der Waals surface area contributed by atoms with Gasteiger partial charge in [0.15, 0.2) is 0 Å². The second-order valence-corrected chi connectivity index (χ2v) is 7.50. The van der Waals surface area contributed by atoms with Crippen LogP contribution >= 0.6 is 0 Å². The van der Waals surface area contributed by atoms with Crippen molar-refractivity contribution in [3.05, 3.63) is 83.6 Å². The van der Waals surface area contributed by atoms with Crippen molar-refractivity contribution in [1.29, 1.82) is 0 Å². The second kappa shape index (κ2) is 9.03. The molecule has 0 bridgehead atoms.